The fourth-order valence-corrected chi connectivity index (χ4v) is 4.46. The second-order valence-electron chi connectivity index (χ2n) is 8.78. The first-order valence-corrected chi connectivity index (χ1v) is 11.8. The molecule has 3 amide bonds. The monoisotopic (exact) mass is 491 g/mol. The summed E-state index contributed by atoms with van der Waals surface area (Å²) in [5, 5.41) is 5.69. The van der Waals surface area contributed by atoms with Crippen LogP contribution in [0.2, 0.25) is 0 Å². The van der Waals surface area contributed by atoms with Gasteiger partial charge >= 0.3 is 6.03 Å². The molecule has 0 aromatic heterocycles. The molecule has 1 aliphatic rings. The maximum Gasteiger partial charge on any atom is 0.318 e. The van der Waals surface area contributed by atoms with Crippen LogP contribution in [0.25, 0.3) is 0 Å². The summed E-state index contributed by atoms with van der Waals surface area (Å²) < 4.78 is 24.7. The molecule has 188 valence electrons. The fraction of sp³-hybridized carbons (Fsp3) is 0.286. The Bertz CT molecular complexity index is 1260. The number of urea groups is 1. The van der Waals surface area contributed by atoms with E-state index in [-0.39, 0.29) is 11.7 Å². The molecule has 4 rings (SSSR count). The molecule has 0 fully saturated rings. The Morgan fingerprint density at radius 3 is 2.36 bits per heavy atom. The third-order valence-corrected chi connectivity index (χ3v) is 6.46. The molecule has 0 bridgehead atoms. The van der Waals surface area contributed by atoms with Gasteiger partial charge in [-0.25, -0.2) is 9.18 Å². The molecular formula is C28H30FN3O4. The number of fused-ring (bicyclic) bond motifs is 1. The summed E-state index contributed by atoms with van der Waals surface area (Å²) >= 11 is 0. The van der Waals surface area contributed by atoms with Crippen molar-refractivity contribution in [1.82, 2.24) is 10.2 Å². The minimum absolute atomic E-state index is 0.320. The molecule has 0 saturated carbocycles. The zero-order valence-corrected chi connectivity index (χ0v) is 20.8. The molecule has 0 unspecified atom stereocenters. The van der Waals surface area contributed by atoms with Crippen LogP contribution in [0.4, 0.5) is 14.9 Å². The van der Waals surface area contributed by atoms with E-state index < -0.39 is 18.1 Å². The molecule has 2 atom stereocenters. The molecule has 0 radical (unpaired) electrons. The molecule has 1 heterocycles. The third kappa shape index (κ3) is 5.12. The van der Waals surface area contributed by atoms with Crippen LogP contribution in [0, 0.1) is 12.7 Å². The van der Waals surface area contributed by atoms with Crippen LogP contribution in [0.15, 0.2) is 60.7 Å². The van der Waals surface area contributed by atoms with E-state index in [9.17, 15) is 14.0 Å². The first-order valence-electron chi connectivity index (χ1n) is 11.8. The molecular weight excluding hydrogens is 461 g/mol. The van der Waals surface area contributed by atoms with Crippen LogP contribution >= 0.6 is 0 Å². The topological polar surface area (TPSA) is 79.9 Å². The molecule has 8 heteroatoms. The summed E-state index contributed by atoms with van der Waals surface area (Å²) in [7, 11) is 3.13. The molecule has 36 heavy (non-hydrogen) atoms. The number of ether oxygens (including phenoxy) is 2. The van der Waals surface area contributed by atoms with E-state index >= 15 is 0 Å². The smallest absolute Gasteiger partial charge is 0.318 e. The maximum absolute atomic E-state index is 13.7. The highest BCUT2D eigenvalue weighted by Gasteiger charge is 2.34. The van der Waals surface area contributed by atoms with E-state index in [0.29, 0.717) is 30.2 Å². The van der Waals surface area contributed by atoms with Gasteiger partial charge in [0.1, 0.15) is 11.9 Å². The maximum atomic E-state index is 13.7. The number of nitrogens with one attached hydrogen (secondary N) is 2. The van der Waals surface area contributed by atoms with Crippen LogP contribution in [0.3, 0.4) is 0 Å². The van der Waals surface area contributed by atoms with Gasteiger partial charge in [-0.1, -0.05) is 30.3 Å². The summed E-state index contributed by atoms with van der Waals surface area (Å²) in [4.78, 5) is 27.9. The van der Waals surface area contributed by atoms with Gasteiger partial charge in [0, 0.05) is 12.2 Å². The number of anilines is 1. The number of carbonyl (C=O) groups is 2. The first kappa shape index (κ1) is 25.0. The van der Waals surface area contributed by atoms with E-state index in [0.717, 1.165) is 22.3 Å². The lowest BCUT2D eigenvalue weighted by molar-refractivity contribution is -0.117. The number of hydrogen-bond acceptors (Lipinski definition) is 4. The average molecular weight is 492 g/mol. The number of para-hydroxylation sites is 1. The predicted octanol–water partition coefficient (Wildman–Crippen LogP) is 4.84. The Hall–Kier alpha value is -4.07. The molecule has 7 nitrogen and oxygen atoms in total. The number of methoxy groups -OCH3 is 2. The Morgan fingerprint density at radius 1 is 1.03 bits per heavy atom. The van der Waals surface area contributed by atoms with Crippen molar-refractivity contribution >= 4 is 17.6 Å². The number of hydrogen-bond donors (Lipinski definition) is 2. The number of halogens is 1. The number of benzene rings is 3. The first-order chi connectivity index (χ1) is 17.3. The fourth-order valence-electron chi connectivity index (χ4n) is 4.46. The van der Waals surface area contributed by atoms with Crippen LogP contribution in [0.5, 0.6) is 11.5 Å². The minimum Gasteiger partial charge on any atom is -0.493 e. The molecule has 3 aromatic rings. The van der Waals surface area contributed by atoms with Crippen molar-refractivity contribution in [3.05, 3.63) is 88.7 Å². The van der Waals surface area contributed by atoms with Crippen LogP contribution in [-0.2, 0) is 11.2 Å². The Labute approximate surface area is 210 Å². The number of amides is 3. The van der Waals surface area contributed by atoms with Gasteiger partial charge < -0.3 is 25.0 Å². The second-order valence-corrected chi connectivity index (χ2v) is 8.78. The zero-order chi connectivity index (χ0) is 25.8. The Kier molecular flexibility index (Phi) is 7.43. The highest BCUT2D eigenvalue weighted by atomic mass is 19.1. The largest absolute Gasteiger partial charge is 0.493 e. The van der Waals surface area contributed by atoms with E-state index in [1.54, 1.807) is 38.2 Å². The van der Waals surface area contributed by atoms with E-state index in [4.69, 9.17) is 9.47 Å². The van der Waals surface area contributed by atoms with Gasteiger partial charge in [0.25, 0.3) is 0 Å². The van der Waals surface area contributed by atoms with Crippen molar-refractivity contribution < 1.29 is 23.5 Å². The minimum atomic E-state index is -0.780. The Morgan fingerprint density at radius 2 is 1.69 bits per heavy atom. The van der Waals surface area contributed by atoms with Gasteiger partial charge in [-0.05, 0) is 72.9 Å². The van der Waals surface area contributed by atoms with Crippen molar-refractivity contribution in [3.63, 3.8) is 0 Å². The van der Waals surface area contributed by atoms with E-state index in [2.05, 4.69) is 10.6 Å². The van der Waals surface area contributed by atoms with Gasteiger partial charge in [0.2, 0.25) is 5.91 Å². The SMILES string of the molecule is COc1cc2c(cc1OC)[C@@H](c1ccc(F)cc1)N(C(=O)N[C@@H](C)C(=O)Nc1ccccc1C)CC2. The lowest BCUT2D eigenvalue weighted by atomic mass is 9.88. The Balaban J connectivity index is 1.62. The highest BCUT2D eigenvalue weighted by Crippen LogP contribution is 2.41. The average Bonchev–Trinajstić information content (AvgIpc) is 2.88. The molecule has 3 aromatic carbocycles. The lowest BCUT2D eigenvalue weighted by Gasteiger charge is -2.38. The molecule has 0 saturated heterocycles. The van der Waals surface area contributed by atoms with Crippen LogP contribution in [0.1, 0.15) is 35.2 Å². The van der Waals surface area contributed by atoms with Crippen molar-refractivity contribution in [3.8, 4) is 11.5 Å². The van der Waals surface area contributed by atoms with Gasteiger partial charge in [0.05, 0.1) is 20.3 Å². The van der Waals surface area contributed by atoms with Crippen LogP contribution in [-0.4, -0.2) is 43.6 Å². The summed E-state index contributed by atoms with van der Waals surface area (Å²) in [6.07, 6.45) is 0.588. The van der Waals surface area contributed by atoms with Gasteiger partial charge in [0.15, 0.2) is 11.5 Å². The number of nitrogens with zero attached hydrogens (tertiary/aromatic N) is 1. The summed E-state index contributed by atoms with van der Waals surface area (Å²) in [6, 6.07) is 15.6. The summed E-state index contributed by atoms with van der Waals surface area (Å²) in [6.45, 7) is 3.95. The number of rotatable bonds is 6. The standard InChI is InChI=1S/C28H30FN3O4/c1-17-7-5-6-8-23(17)31-27(33)18(2)30-28(34)32-14-13-20-15-24(35-3)25(36-4)16-22(20)26(32)19-9-11-21(29)12-10-19/h5-12,15-16,18,26H,13-14H2,1-4H3,(H,30,34)(H,31,33)/t18-,26+/m0/s1. The normalized spacial score (nSPS) is 15.5. The van der Waals surface area contributed by atoms with Gasteiger partial charge in [-0.3, -0.25) is 4.79 Å². The molecule has 0 spiro atoms. The van der Waals surface area contributed by atoms with Crippen LogP contribution < -0.4 is 20.1 Å². The third-order valence-electron chi connectivity index (χ3n) is 6.46. The molecule has 1 aliphatic heterocycles. The molecule has 2 N–H and O–H groups in total. The van der Waals surface area contributed by atoms with Gasteiger partial charge in [-0.15, -0.1) is 0 Å². The number of carbonyl (C=O) groups excluding carboxylic acids is 2. The molecule has 0 aliphatic carbocycles. The summed E-state index contributed by atoms with van der Waals surface area (Å²) in [5.74, 6) is 0.462. The van der Waals surface area contributed by atoms with E-state index in [1.807, 2.05) is 43.3 Å². The highest BCUT2D eigenvalue weighted by molar-refractivity contribution is 5.97. The predicted molar refractivity (Wildman–Crippen MR) is 136 cm³/mol. The number of aryl methyl sites for hydroxylation is 1. The second kappa shape index (κ2) is 10.7. The quantitative estimate of drug-likeness (QED) is 0.517. The van der Waals surface area contributed by atoms with Gasteiger partial charge in [-0.2, -0.15) is 0 Å². The van der Waals surface area contributed by atoms with Crippen molar-refractivity contribution in [1.29, 1.82) is 0 Å². The van der Waals surface area contributed by atoms with Crippen molar-refractivity contribution in [2.75, 3.05) is 26.1 Å². The zero-order valence-electron chi connectivity index (χ0n) is 20.8. The van der Waals surface area contributed by atoms with Crippen molar-refractivity contribution in [2.45, 2.75) is 32.4 Å². The lowest BCUT2D eigenvalue weighted by Crippen LogP contribution is -2.51. The van der Waals surface area contributed by atoms with Crippen molar-refractivity contribution in [2.24, 2.45) is 0 Å². The summed E-state index contributed by atoms with van der Waals surface area (Å²) in [5.41, 5.74) is 4.24. The van der Waals surface area contributed by atoms with E-state index in [1.165, 1.54) is 12.1 Å².